The van der Waals surface area contributed by atoms with Gasteiger partial charge in [0, 0.05) is 30.9 Å². The summed E-state index contributed by atoms with van der Waals surface area (Å²) in [4.78, 5) is 2.41. The Hall–Kier alpha value is -0.910. The van der Waals surface area contributed by atoms with Gasteiger partial charge >= 0.3 is 0 Å². The molecule has 5 heteroatoms. The quantitative estimate of drug-likeness (QED) is 0.681. The molecule has 1 atom stereocenters. The van der Waals surface area contributed by atoms with Gasteiger partial charge in [0.25, 0.3) is 0 Å². The highest BCUT2D eigenvalue weighted by atomic mass is 16.3. The van der Waals surface area contributed by atoms with Crippen molar-refractivity contribution >= 4 is 0 Å². The second kappa shape index (κ2) is 8.24. The van der Waals surface area contributed by atoms with Gasteiger partial charge in [0.05, 0.1) is 19.3 Å². The fraction of sp³-hybridized carbons (Fsp3) is 0.769. The summed E-state index contributed by atoms with van der Waals surface area (Å²) >= 11 is 0. The number of aliphatic hydroxyl groups excluding tert-OH is 1. The molecule has 0 amide bonds. The standard InChI is InChI=1S/C13H26N4O/c1-4-16(5-2)10-12(3)14-8-13-9-15-17(11-13)6-7-18/h9,11-12,14,18H,4-8,10H2,1-3H3. The molecule has 1 aromatic heterocycles. The highest BCUT2D eigenvalue weighted by molar-refractivity contribution is 5.03. The second-order valence-electron chi connectivity index (χ2n) is 4.60. The van der Waals surface area contributed by atoms with Crippen molar-refractivity contribution in [3.63, 3.8) is 0 Å². The number of nitrogens with zero attached hydrogens (tertiary/aromatic N) is 3. The average molecular weight is 254 g/mol. The molecule has 2 N–H and O–H groups in total. The molecule has 0 aliphatic carbocycles. The first kappa shape index (κ1) is 15.1. The third-order valence-electron chi connectivity index (χ3n) is 3.10. The van der Waals surface area contributed by atoms with Gasteiger partial charge in [0.2, 0.25) is 0 Å². The van der Waals surface area contributed by atoms with Crippen LogP contribution in [0.5, 0.6) is 0 Å². The highest BCUT2D eigenvalue weighted by Crippen LogP contribution is 1.99. The Morgan fingerprint density at radius 1 is 1.44 bits per heavy atom. The lowest BCUT2D eigenvalue weighted by atomic mass is 10.2. The van der Waals surface area contributed by atoms with E-state index in [9.17, 15) is 0 Å². The molecule has 0 aliphatic heterocycles. The van der Waals surface area contributed by atoms with E-state index in [1.165, 1.54) is 0 Å². The first-order valence-electron chi connectivity index (χ1n) is 6.77. The third-order valence-corrected chi connectivity index (χ3v) is 3.10. The average Bonchev–Trinajstić information content (AvgIpc) is 2.82. The molecule has 0 spiro atoms. The third kappa shape index (κ3) is 5.16. The van der Waals surface area contributed by atoms with Crippen LogP contribution in [-0.4, -0.2) is 52.1 Å². The normalized spacial score (nSPS) is 13.2. The first-order chi connectivity index (χ1) is 8.69. The van der Waals surface area contributed by atoms with E-state index in [4.69, 9.17) is 5.11 Å². The molecule has 0 aromatic carbocycles. The van der Waals surface area contributed by atoms with Crippen molar-refractivity contribution in [3.05, 3.63) is 18.0 Å². The molecular formula is C13H26N4O. The molecule has 0 aliphatic rings. The molecule has 1 rings (SSSR count). The smallest absolute Gasteiger partial charge is 0.0640 e. The summed E-state index contributed by atoms with van der Waals surface area (Å²) in [5.74, 6) is 0. The van der Waals surface area contributed by atoms with E-state index >= 15 is 0 Å². The van der Waals surface area contributed by atoms with E-state index in [-0.39, 0.29) is 6.61 Å². The minimum Gasteiger partial charge on any atom is -0.394 e. The largest absolute Gasteiger partial charge is 0.394 e. The van der Waals surface area contributed by atoms with Gasteiger partial charge in [-0.2, -0.15) is 5.10 Å². The maximum Gasteiger partial charge on any atom is 0.0640 e. The van der Waals surface area contributed by atoms with E-state index in [0.29, 0.717) is 12.6 Å². The fourth-order valence-electron chi connectivity index (χ4n) is 1.95. The summed E-state index contributed by atoms with van der Waals surface area (Å²) in [5.41, 5.74) is 1.16. The van der Waals surface area contributed by atoms with Crippen LogP contribution < -0.4 is 5.32 Å². The number of nitrogens with one attached hydrogen (secondary N) is 1. The maximum absolute atomic E-state index is 8.82. The molecule has 1 unspecified atom stereocenters. The Morgan fingerprint density at radius 3 is 2.78 bits per heavy atom. The van der Waals surface area contributed by atoms with Gasteiger partial charge in [0.15, 0.2) is 0 Å². The number of aliphatic hydroxyl groups is 1. The second-order valence-corrected chi connectivity index (χ2v) is 4.60. The van der Waals surface area contributed by atoms with Crippen molar-refractivity contribution in [1.29, 1.82) is 0 Å². The zero-order valence-electron chi connectivity index (χ0n) is 11.8. The lowest BCUT2D eigenvalue weighted by Gasteiger charge is -2.23. The Labute approximate surface area is 110 Å². The van der Waals surface area contributed by atoms with Crippen molar-refractivity contribution in [1.82, 2.24) is 20.0 Å². The van der Waals surface area contributed by atoms with Crippen molar-refractivity contribution in [3.8, 4) is 0 Å². The van der Waals surface area contributed by atoms with Crippen LogP contribution in [0.25, 0.3) is 0 Å². The van der Waals surface area contributed by atoms with Gasteiger partial charge in [-0.05, 0) is 20.0 Å². The molecule has 5 nitrogen and oxygen atoms in total. The molecule has 1 aromatic rings. The lowest BCUT2D eigenvalue weighted by Crippen LogP contribution is -2.38. The molecule has 104 valence electrons. The van der Waals surface area contributed by atoms with Crippen LogP contribution in [0.15, 0.2) is 12.4 Å². The maximum atomic E-state index is 8.82. The summed E-state index contributed by atoms with van der Waals surface area (Å²) in [5, 5.41) is 16.5. The minimum absolute atomic E-state index is 0.132. The predicted molar refractivity (Wildman–Crippen MR) is 73.4 cm³/mol. The van der Waals surface area contributed by atoms with E-state index in [0.717, 1.165) is 31.7 Å². The van der Waals surface area contributed by atoms with Crippen LogP contribution >= 0.6 is 0 Å². The number of rotatable bonds is 9. The van der Waals surface area contributed by atoms with Gasteiger partial charge in [-0.1, -0.05) is 13.8 Å². The van der Waals surface area contributed by atoms with Crippen molar-refractivity contribution < 1.29 is 5.11 Å². The Kier molecular flexibility index (Phi) is 6.93. The molecule has 1 heterocycles. The van der Waals surface area contributed by atoms with Crippen LogP contribution in [-0.2, 0) is 13.1 Å². The topological polar surface area (TPSA) is 53.3 Å². The van der Waals surface area contributed by atoms with Crippen LogP contribution in [0.4, 0.5) is 0 Å². The Balaban J connectivity index is 2.30. The Bertz CT molecular complexity index is 323. The van der Waals surface area contributed by atoms with Crippen LogP contribution in [0.2, 0.25) is 0 Å². The first-order valence-corrected chi connectivity index (χ1v) is 6.77. The van der Waals surface area contributed by atoms with Crippen molar-refractivity contribution in [2.45, 2.75) is 39.9 Å². The molecule has 0 bridgehead atoms. The molecular weight excluding hydrogens is 228 g/mol. The molecule has 0 saturated heterocycles. The number of likely N-dealkylation sites (N-methyl/N-ethyl adjacent to an activating group) is 1. The molecule has 18 heavy (non-hydrogen) atoms. The summed E-state index contributed by atoms with van der Waals surface area (Å²) in [6.07, 6.45) is 3.83. The SMILES string of the molecule is CCN(CC)CC(C)NCc1cnn(CCO)c1. The van der Waals surface area contributed by atoms with Gasteiger partial charge in [-0.15, -0.1) is 0 Å². The minimum atomic E-state index is 0.132. The van der Waals surface area contributed by atoms with Gasteiger partial charge in [-0.3, -0.25) is 4.68 Å². The highest BCUT2D eigenvalue weighted by Gasteiger charge is 2.07. The van der Waals surface area contributed by atoms with Gasteiger partial charge in [0.1, 0.15) is 0 Å². The number of hydrogen-bond donors (Lipinski definition) is 2. The molecule has 0 fully saturated rings. The summed E-state index contributed by atoms with van der Waals surface area (Å²) in [7, 11) is 0. The van der Waals surface area contributed by atoms with Crippen LogP contribution in [0, 0.1) is 0 Å². The lowest BCUT2D eigenvalue weighted by molar-refractivity contribution is 0.268. The summed E-state index contributed by atoms with van der Waals surface area (Å²) in [6, 6.07) is 0.464. The van der Waals surface area contributed by atoms with Crippen LogP contribution in [0.3, 0.4) is 0 Å². The Morgan fingerprint density at radius 2 is 2.17 bits per heavy atom. The van der Waals surface area contributed by atoms with Gasteiger partial charge in [-0.25, -0.2) is 0 Å². The molecule has 0 saturated carbocycles. The van der Waals surface area contributed by atoms with E-state index in [2.05, 4.69) is 36.1 Å². The summed E-state index contributed by atoms with van der Waals surface area (Å²) < 4.78 is 1.77. The van der Waals surface area contributed by atoms with Crippen LogP contribution in [0.1, 0.15) is 26.3 Å². The summed E-state index contributed by atoms with van der Waals surface area (Å²) in [6.45, 7) is 11.4. The molecule has 0 radical (unpaired) electrons. The number of aromatic nitrogens is 2. The van der Waals surface area contributed by atoms with Gasteiger partial charge < -0.3 is 15.3 Å². The van der Waals surface area contributed by atoms with E-state index in [1.807, 2.05) is 12.4 Å². The van der Waals surface area contributed by atoms with E-state index < -0.39 is 0 Å². The zero-order chi connectivity index (χ0) is 13.4. The van der Waals surface area contributed by atoms with Crippen molar-refractivity contribution in [2.75, 3.05) is 26.2 Å². The monoisotopic (exact) mass is 254 g/mol. The fourth-order valence-corrected chi connectivity index (χ4v) is 1.95. The number of hydrogen-bond acceptors (Lipinski definition) is 4. The van der Waals surface area contributed by atoms with Crippen molar-refractivity contribution in [2.24, 2.45) is 0 Å². The van der Waals surface area contributed by atoms with E-state index in [1.54, 1.807) is 4.68 Å². The zero-order valence-corrected chi connectivity index (χ0v) is 11.8. The predicted octanol–water partition coefficient (Wildman–Crippen LogP) is 0.695.